The highest BCUT2D eigenvalue weighted by molar-refractivity contribution is 5.35. The maximum atomic E-state index is 4.53. The van der Waals surface area contributed by atoms with Crippen LogP contribution in [0, 0.1) is 0 Å². The summed E-state index contributed by atoms with van der Waals surface area (Å²) in [6.45, 7) is 12.8. The molecule has 90 valence electrons. The molecule has 0 aromatic carbocycles. The third-order valence-electron chi connectivity index (χ3n) is 3.30. The smallest absolute Gasteiger partial charge is 0.147 e. The van der Waals surface area contributed by atoms with Gasteiger partial charge in [0.15, 0.2) is 0 Å². The van der Waals surface area contributed by atoms with Gasteiger partial charge >= 0.3 is 0 Å². The molecule has 0 unspecified atom stereocenters. The zero-order valence-electron chi connectivity index (χ0n) is 11.1. The Hall–Kier alpha value is -1.12. The molecule has 0 atom stereocenters. The predicted octanol–water partition coefficient (Wildman–Crippen LogP) is 3.01. The third-order valence-corrected chi connectivity index (χ3v) is 3.30. The molecule has 0 saturated heterocycles. The van der Waals surface area contributed by atoms with Crippen molar-refractivity contribution in [2.75, 3.05) is 18.0 Å². The number of aromatic nitrogens is 2. The van der Waals surface area contributed by atoms with Gasteiger partial charge in [0.25, 0.3) is 0 Å². The van der Waals surface area contributed by atoms with Gasteiger partial charge in [-0.2, -0.15) is 0 Å². The molecule has 0 aliphatic rings. The first-order chi connectivity index (χ1) is 7.55. The van der Waals surface area contributed by atoms with E-state index in [0.717, 1.165) is 31.0 Å². The molecule has 0 bridgehead atoms. The fourth-order valence-corrected chi connectivity index (χ4v) is 1.56. The van der Waals surface area contributed by atoms with E-state index >= 15 is 0 Å². The summed E-state index contributed by atoms with van der Waals surface area (Å²) in [5.41, 5.74) is 1.19. The van der Waals surface area contributed by atoms with E-state index < -0.39 is 0 Å². The Morgan fingerprint density at radius 2 is 1.69 bits per heavy atom. The topological polar surface area (TPSA) is 29.0 Å². The van der Waals surface area contributed by atoms with Gasteiger partial charge in [0.05, 0.1) is 18.1 Å². The number of hydrogen-bond acceptors (Lipinski definition) is 3. The second kappa shape index (κ2) is 5.28. The zero-order valence-corrected chi connectivity index (χ0v) is 11.1. The van der Waals surface area contributed by atoms with Gasteiger partial charge < -0.3 is 4.90 Å². The number of hydrogen-bond donors (Lipinski definition) is 0. The molecule has 1 aromatic rings. The molecule has 0 spiro atoms. The van der Waals surface area contributed by atoms with Crippen LogP contribution in [-0.2, 0) is 5.41 Å². The molecule has 0 fully saturated rings. The van der Waals surface area contributed by atoms with Crippen LogP contribution in [0.3, 0.4) is 0 Å². The molecular formula is C13H23N3. The maximum absolute atomic E-state index is 4.53. The van der Waals surface area contributed by atoms with Gasteiger partial charge in [0, 0.05) is 18.5 Å². The van der Waals surface area contributed by atoms with Crippen molar-refractivity contribution in [2.24, 2.45) is 0 Å². The van der Waals surface area contributed by atoms with E-state index in [4.69, 9.17) is 0 Å². The molecule has 0 aliphatic carbocycles. The summed E-state index contributed by atoms with van der Waals surface area (Å²) < 4.78 is 0. The van der Waals surface area contributed by atoms with Crippen LogP contribution in [0.2, 0.25) is 0 Å². The molecule has 1 rings (SSSR count). The minimum atomic E-state index is 0.120. The summed E-state index contributed by atoms with van der Waals surface area (Å²) in [6, 6.07) is 0. The van der Waals surface area contributed by atoms with Crippen LogP contribution in [0.15, 0.2) is 12.4 Å². The van der Waals surface area contributed by atoms with Gasteiger partial charge in [-0.05, 0) is 20.3 Å². The number of anilines is 1. The number of nitrogens with zero attached hydrogens (tertiary/aromatic N) is 3. The Morgan fingerprint density at radius 1 is 1.06 bits per heavy atom. The molecule has 3 nitrogen and oxygen atoms in total. The van der Waals surface area contributed by atoms with Gasteiger partial charge in [-0.1, -0.05) is 20.8 Å². The van der Waals surface area contributed by atoms with E-state index in [1.807, 2.05) is 12.4 Å². The minimum absolute atomic E-state index is 0.120. The normalized spacial score (nSPS) is 11.6. The lowest BCUT2D eigenvalue weighted by molar-refractivity contribution is 0.488. The van der Waals surface area contributed by atoms with Gasteiger partial charge in [-0.3, -0.25) is 4.98 Å². The van der Waals surface area contributed by atoms with Crippen molar-refractivity contribution in [3.8, 4) is 0 Å². The van der Waals surface area contributed by atoms with Crippen LogP contribution in [-0.4, -0.2) is 23.1 Å². The highest BCUT2D eigenvalue weighted by Gasteiger charge is 2.20. The van der Waals surface area contributed by atoms with E-state index in [2.05, 4.69) is 49.5 Å². The molecule has 0 radical (unpaired) electrons. The summed E-state index contributed by atoms with van der Waals surface area (Å²) in [5, 5.41) is 0. The second-order valence-electron chi connectivity index (χ2n) is 4.67. The molecule has 0 N–H and O–H groups in total. The summed E-state index contributed by atoms with van der Waals surface area (Å²) >= 11 is 0. The fourth-order valence-electron chi connectivity index (χ4n) is 1.56. The van der Waals surface area contributed by atoms with Gasteiger partial charge in [-0.25, -0.2) is 4.98 Å². The van der Waals surface area contributed by atoms with Crippen LogP contribution < -0.4 is 4.90 Å². The Balaban J connectivity index is 2.90. The molecule has 1 aromatic heterocycles. The molecule has 3 heteroatoms. The van der Waals surface area contributed by atoms with Gasteiger partial charge in [0.2, 0.25) is 0 Å². The largest absolute Gasteiger partial charge is 0.356 e. The highest BCUT2D eigenvalue weighted by atomic mass is 15.2. The van der Waals surface area contributed by atoms with Crippen molar-refractivity contribution >= 4 is 5.82 Å². The van der Waals surface area contributed by atoms with E-state index in [1.165, 1.54) is 0 Å². The first-order valence-electron chi connectivity index (χ1n) is 6.12. The monoisotopic (exact) mass is 221 g/mol. The first-order valence-corrected chi connectivity index (χ1v) is 6.12. The molecular weight excluding hydrogens is 198 g/mol. The van der Waals surface area contributed by atoms with E-state index in [1.54, 1.807) is 0 Å². The van der Waals surface area contributed by atoms with E-state index in [-0.39, 0.29) is 5.41 Å². The van der Waals surface area contributed by atoms with Crippen molar-refractivity contribution in [1.29, 1.82) is 0 Å². The Morgan fingerprint density at radius 3 is 2.06 bits per heavy atom. The highest BCUT2D eigenvalue weighted by Crippen LogP contribution is 2.24. The number of rotatable bonds is 5. The van der Waals surface area contributed by atoms with Crippen molar-refractivity contribution < 1.29 is 0 Å². The summed E-state index contributed by atoms with van der Waals surface area (Å²) in [6.07, 6.45) is 4.88. The summed E-state index contributed by atoms with van der Waals surface area (Å²) in [4.78, 5) is 11.2. The fraction of sp³-hybridized carbons (Fsp3) is 0.692. The Bertz CT molecular complexity index is 312. The Kier molecular flexibility index (Phi) is 4.27. The quantitative estimate of drug-likeness (QED) is 0.765. The van der Waals surface area contributed by atoms with Crippen LogP contribution in [0.4, 0.5) is 5.82 Å². The lowest BCUT2D eigenvalue weighted by Gasteiger charge is -2.23. The second-order valence-corrected chi connectivity index (χ2v) is 4.67. The van der Waals surface area contributed by atoms with Gasteiger partial charge in [-0.15, -0.1) is 0 Å². The van der Waals surface area contributed by atoms with Crippen LogP contribution in [0.5, 0.6) is 0 Å². The first kappa shape index (κ1) is 12.9. The van der Waals surface area contributed by atoms with E-state index in [9.17, 15) is 0 Å². The maximum Gasteiger partial charge on any atom is 0.147 e. The van der Waals surface area contributed by atoms with Crippen LogP contribution >= 0.6 is 0 Å². The molecule has 0 saturated carbocycles. The van der Waals surface area contributed by atoms with Crippen molar-refractivity contribution in [3.63, 3.8) is 0 Å². The van der Waals surface area contributed by atoms with E-state index in [0.29, 0.717) is 0 Å². The summed E-state index contributed by atoms with van der Waals surface area (Å²) in [7, 11) is 0. The lowest BCUT2D eigenvalue weighted by Crippen LogP contribution is -2.24. The summed E-state index contributed by atoms with van der Waals surface area (Å²) in [5.74, 6) is 0.973. The predicted molar refractivity (Wildman–Crippen MR) is 68.9 cm³/mol. The van der Waals surface area contributed by atoms with Crippen molar-refractivity contribution in [3.05, 3.63) is 18.1 Å². The SMILES string of the molecule is CCN(CC)c1cnc(C(C)(C)CC)cn1. The average molecular weight is 221 g/mol. The third kappa shape index (κ3) is 2.71. The van der Waals surface area contributed by atoms with Crippen molar-refractivity contribution in [2.45, 2.75) is 46.5 Å². The molecule has 16 heavy (non-hydrogen) atoms. The average Bonchev–Trinajstić information content (AvgIpc) is 2.31. The molecule has 1 heterocycles. The lowest BCUT2D eigenvalue weighted by atomic mass is 9.87. The minimum Gasteiger partial charge on any atom is -0.356 e. The molecule has 0 aliphatic heterocycles. The zero-order chi connectivity index (χ0) is 12.2. The van der Waals surface area contributed by atoms with Gasteiger partial charge in [0.1, 0.15) is 5.82 Å². The van der Waals surface area contributed by atoms with Crippen LogP contribution in [0.25, 0.3) is 0 Å². The van der Waals surface area contributed by atoms with Crippen LogP contribution in [0.1, 0.15) is 46.7 Å². The standard InChI is InChI=1S/C13H23N3/c1-6-13(4,5)11-9-15-12(10-14-11)16(7-2)8-3/h9-10H,6-8H2,1-5H3. The Labute approximate surface area is 98.9 Å². The van der Waals surface area contributed by atoms with Crippen molar-refractivity contribution in [1.82, 2.24) is 9.97 Å². The molecule has 0 amide bonds.